The van der Waals surface area contributed by atoms with Crippen molar-refractivity contribution in [1.29, 1.82) is 0 Å². The molecular formula is C16H16N14O6. The van der Waals surface area contributed by atoms with Gasteiger partial charge in [-0.3, -0.25) is 0 Å². The van der Waals surface area contributed by atoms with E-state index in [4.69, 9.17) is 10.8 Å². The van der Waals surface area contributed by atoms with E-state index in [0.717, 1.165) is 10.6 Å². The Morgan fingerprint density at radius 1 is 0.944 bits per heavy atom. The Hall–Kier alpha value is -5.56. The van der Waals surface area contributed by atoms with Crippen LogP contribution in [0, 0.1) is 6.92 Å². The molecule has 0 aromatic carbocycles. The molecule has 0 fully saturated rings. The summed E-state index contributed by atoms with van der Waals surface area (Å²) in [6, 6.07) is 2.60. The lowest BCUT2D eigenvalue weighted by Gasteiger charge is -2.01. The molecule has 0 aliphatic carbocycles. The molecule has 0 unspecified atom stereocenters. The molecule has 3 N–H and O–H groups in total. The van der Waals surface area contributed by atoms with Crippen LogP contribution in [0.2, 0.25) is 0 Å². The number of carboxylic acid groups (broad SMARTS) is 1. The summed E-state index contributed by atoms with van der Waals surface area (Å²) in [5.74, 6) is -1.83. The fraction of sp³-hybridized carbons (Fsp3) is 0.250. The lowest BCUT2D eigenvalue weighted by Crippen LogP contribution is -2.13. The molecule has 36 heavy (non-hydrogen) atoms. The van der Waals surface area contributed by atoms with Crippen molar-refractivity contribution < 1.29 is 29.0 Å². The van der Waals surface area contributed by atoms with Crippen LogP contribution in [0.25, 0.3) is 11.6 Å². The second-order valence-electron chi connectivity index (χ2n) is 6.36. The van der Waals surface area contributed by atoms with Gasteiger partial charge in [0.15, 0.2) is 17.1 Å². The highest BCUT2D eigenvalue weighted by atomic mass is 16.5. The number of ether oxygens (including phenoxy) is 2. The van der Waals surface area contributed by atoms with Crippen molar-refractivity contribution >= 4 is 35.3 Å². The third-order valence-electron chi connectivity index (χ3n) is 3.96. The second kappa shape index (κ2) is 11.0. The zero-order chi connectivity index (χ0) is 26.2. The number of amidine groups is 1. The third kappa shape index (κ3) is 5.67. The summed E-state index contributed by atoms with van der Waals surface area (Å²) < 4.78 is 11.3. The molecule has 1 aliphatic heterocycles. The fourth-order valence-corrected chi connectivity index (χ4v) is 2.43. The number of rotatable bonds is 3. The molecule has 0 atom stereocenters. The van der Waals surface area contributed by atoms with Gasteiger partial charge in [0.1, 0.15) is 12.4 Å². The highest BCUT2D eigenvalue weighted by Crippen LogP contribution is 2.06. The van der Waals surface area contributed by atoms with Crippen LogP contribution in [0.4, 0.5) is 0 Å². The molecule has 5 heterocycles. The van der Waals surface area contributed by atoms with Crippen molar-refractivity contribution in [2.45, 2.75) is 6.92 Å². The van der Waals surface area contributed by atoms with Crippen LogP contribution in [0.5, 0.6) is 0 Å². The highest BCUT2D eigenvalue weighted by Gasteiger charge is 2.18. The van der Waals surface area contributed by atoms with E-state index in [2.05, 4.69) is 65.9 Å². The number of aryl methyl sites for hydroxylation is 1. The Bertz CT molecular complexity index is 1490. The van der Waals surface area contributed by atoms with Gasteiger partial charge in [0, 0.05) is 11.8 Å². The summed E-state index contributed by atoms with van der Waals surface area (Å²) in [5, 5.41) is 39.8. The molecule has 0 saturated heterocycles. The average molecular weight is 500 g/mol. The molecule has 0 spiro atoms. The van der Waals surface area contributed by atoms with E-state index in [1.807, 2.05) is 0 Å². The van der Waals surface area contributed by atoms with Gasteiger partial charge < -0.3 is 20.3 Å². The largest absolute Gasteiger partial charge is 0.477 e. The van der Waals surface area contributed by atoms with Gasteiger partial charge in [-0.05, 0) is 39.1 Å². The molecular weight excluding hydrogens is 484 g/mol. The zero-order valence-corrected chi connectivity index (χ0v) is 18.7. The maximum Gasteiger partial charge on any atom is 0.357 e. The minimum absolute atomic E-state index is 0.0831. The van der Waals surface area contributed by atoms with E-state index in [9.17, 15) is 14.4 Å². The molecule has 0 saturated carbocycles. The molecule has 0 amide bonds. The van der Waals surface area contributed by atoms with Crippen LogP contribution in [0.1, 0.15) is 37.2 Å². The topological polar surface area (TPSA) is 265 Å². The van der Waals surface area contributed by atoms with E-state index in [-0.39, 0.29) is 28.6 Å². The number of carboxylic acids is 1. The van der Waals surface area contributed by atoms with Crippen molar-refractivity contribution in [2.24, 2.45) is 21.2 Å². The van der Waals surface area contributed by atoms with E-state index in [1.54, 1.807) is 13.0 Å². The van der Waals surface area contributed by atoms with Crippen molar-refractivity contribution in [1.82, 2.24) is 50.0 Å². The molecule has 4 aromatic rings. The Morgan fingerprint density at radius 2 is 1.50 bits per heavy atom. The summed E-state index contributed by atoms with van der Waals surface area (Å²) in [7, 11) is 2.47. The fourth-order valence-electron chi connectivity index (χ4n) is 2.43. The third-order valence-corrected chi connectivity index (χ3v) is 3.96. The van der Waals surface area contributed by atoms with Crippen molar-refractivity contribution in [3.05, 3.63) is 34.9 Å². The molecule has 186 valence electrons. The molecule has 0 radical (unpaired) electrons. The predicted octanol–water partition coefficient (Wildman–Crippen LogP) is -1.66. The summed E-state index contributed by atoms with van der Waals surface area (Å²) in [6.45, 7) is 2.22. The predicted molar refractivity (Wildman–Crippen MR) is 113 cm³/mol. The number of tetrazole rings is 2. The standard InChI is InChI=1S/C7H5N5O4.C7H7N5O2.C2H4N4/c1-16-6(15)4-2-3(5(13)14)8-7-9-10-11-12(4)7;1-4-3-5(6(13)14-2)12-7(8-4)9-10-11-12;3-2-1-4-6-5-2/h2H,1H3,(H,13,14);3H,1-2H3;1H2,(H2,3,4,5). The maximum absolute atomic E-state index is 11.3. The average Bonchev–Trinajstić information content (AvgIpc) is 3.64. The van der Waals surface area contributed by atoms with Gasteiger partial charge in [0.2, 0.25) is 0 Å². The summed E-state index contributed by atoms with van der Waals surface area (Å²) in [6.07, 6.45) is 0. The Kier molecular flexibility index (Phi) is 7.69. The molecule has 4 aromatic heterocycles. The SMILES string of the molecule is COC(=O)c1cc(C(=O)O)nc2nnnn12.COC(=O)c1cc(C)nc2nnnn12.NC1=NN=NC1. The molecule has 0 bridgehead atoms. The van der Waals surface area contributed by atoms with Crippen molar-refractivity contribution in [3.8, 4) is 0 Å². The van der Waals surface area contributed by atoms with Crippen LogP contribution in [-0.4, -0.2) is 99.7 Å². The number of nitrogens with zero attached hydrogens (tertiary/aromatic N) is 13. The van der Waals surface area contributed by atoms with Crippen LogP contribution in [0.15, 0.2) is 27.6 Å². The van der Waals surface area contributed by atoms with Gasteiger partial charge in [-0.1, -0.05) is 10.2 Å². The quantitative estimate of drug-likeness (QED) is 0.298. The van der Waals surface area contributed by atoms with Crippen LogP contribution in [-0.2, 0) is 9.47 Å². The first kappa shape index (κ1) is 25.1. The Morgan fingerprint density at radius 3 is 1.94 bits per heavy atom. The highest BCUT2D eigenvalue weighted by molar-refractivity contribution is 5.92. The molecule has 20 heteroatoms. The smallest absolute Gasteiger partial charge is 0.357 e. The van der Waals surface area contributed by atoms with E-state index in [0.29, 0.717) is 18.1 Å². The monoisotopic (exact) mass is 500 g/mol. The van der Waals surface area contributed by atoms with Crippen LogP contribution >= 0.6 is 0 Å². The zero-order valence-electron chi connectivity index (χ0n) is 18.7. The van der Waals surface area contributed by atoms with Crippen LogP contribution in [0.3, 0.4) is 0 Å². The number of hydrogen-bond acceptors (Lipinski definition) is 17. The number of carbonyl (C=O) groups excluding carboxylic acids is 2. The Balaban J connectivity index is 0.000000165. The van der Waals surface area contributed by atoms with E-state index >= 15 is 0 Å². The lowest BCUT2D eigenvalue weighted by molar-refractivity contribution is 0.0581. The van der Waals surface area contributed by atoms with Gasteiger partial charge in [-0.2, -0.15) is 14.1 Å². The van der Waals surface area contributed by atoms with E-state index < -0.39 is 17.9 Å². The number of hydrogen-bond donors (Lipinski definition) is 2. The number of esters is 2. The summed E-state index contributed by atoms with van der Waals surface area (Å²) >= 11 is 0. The van der Waals surface area contributed by atoms with Gasteiger partial charge in [-0.15, -0.1) is 5.10 Å². The number of nitrogens with two attached hydrogens (primary N) is 1. The number of aromatic nitrogens is 10. The Labute approximate surface area is 198 Å². The molecule has 5 rings (SSSR count). The maximum atomic E-state index is 11.3. The van der Waals surface area contributed by atoms with Gasteiger partial charge >= 0.3 is 17.9 Å². The minimum atomic E-state index is -1.28. The van der Waals surface area contributed by atoms with Gasteiger partial charge in [-0.25, -0.2) is 24.4 Å². The number of carbonyl (C=O) groups is 3. The summed E-state index contributed by atoms with van der Waals surface area (Å²) in [5.41, 5.74) is 5.59. The summed E-state index contributed by atoms with van der Waals surface area (Å²) in [4.78, 5) is 41.1. The molecule has 1 aliphatic rings. The first-order valence-electron chi connectivity index (χ1n) is 9.48. The number of aromatic carboxylic acids is 1. The van der Waals surface area contributed by atoms with E-state index in [1.165, 1.54) is 18.7 Å². The minimum Gasteiger partial charge on any atom is -0.477 e. The first-order valence-corrected chi connectivity index (χ1v) is 9.48. The first-order chi connectivity index (χ1) is 17.2. The van der Waals surface area contributed by atoms with Gasteiger partial charge in [0.25, 0.3) is 11.6 Å². The van der Waals surface area contributed by atoms with Crippen molar-refractivity contribution in [3.63, 3.8) is 0 Å². The lowest BCUT2D eigenvalue weighted by atomic mass is 10.3. The molecule has 20 nitrogen and oxygen atoms in total. The normalized spacial score (nSPS) is 11.7. The number of fused-ring (bicyclic) bond motifs is 2. The van der Waals surface area contributed by atoms with Crippen molar-refractivity contribution in [2.75, 3.05) is 20.8 Å². The second-order valence-corrected chi connectivity index (χ2v) is 6.36. The number of methoxy groups -OCH3 is 2. The van der Waals surface area contributed by atoms with Gasteiger partial charge in [0.05, 0.1) is 14.2 Å². The van der Waals surface area contributed by atoms with Crippen LogP contribution < -0.4 is 5.73 Å².